The van der Waals surface area contributed by atoms with Crippen LogP contribution in [0.15, 0.2) is 58.7 Å². The third-order valence-electron chi connectivity index (χ3n) is 2.89. The number of furan rings is 1. The van der Waals surface area contributed by atoms with Gasteiger partial charge in [-0.05, 0) is 32.5 Å². The van der Waals surface area contributed by atoms with Gasteiger partial charge in [0.1, 0.15) is 5.76 Å². The van der Waals surface area contributed by atoms with Gasteiger partial charge >= 0.3 is 0 Å². The van der Waals surface area contributed by atoms with Gasteiger partial charge in [-0.25, -0.2) is 0 Å². The topological polar surface area (TPSA) is 63.3 Å². The Bertz CT molecular complexity index is 876. The number of carbonyl (C=O) groups excluding carboxylic acids is 1. The van der Waals surface area contributed by atoms with Gasteiger partial charge in [-0.3, -0.25) is 9.78 Å². The summed E-state index contributed by atoms with van der Waals surface area (Å²) in [5, 5.41) is 8.36. The van der Waals surface area contributed by atoms with Crippen molar-refractivity contribution >= 4 is 16.9 Å². The molecule has 0 aliphatic rings. The van der Waals surface area contributed by atoms with E-state index in [-0.39, 0.29) is 31.6 Å². The molecule has 4 nitrogen and oxygen atoms in total. The van der Waals surface area contributed by atoms with Gasteiger partial charge in [-0.15, -0.1) is 48.7 Å². The van der Waals surface area contributed by atoms with Gasteiger partial charge in [-0.2, -0.15) is 0 Å². The molecule has 1 aromatic carbocycles. The minimum Gasteiger partial charge on any atom is -0.512 e. The van der Waals surface area contributed by atoms with Gasteiger partial charge in [0.15, 0.2) is 11.4 Å². The normalized spacial score (nSPS) is 9.81. The number of allylic oxidation sites excluding steroid dienone is 2. The Morgan fingerprint density at radius 1 is 1.23 bits per heavy atom. The van der Waals surface area contributed by atoms with E-state index in [2.05, 4.69) is 23.9 Å². The molecule has 0 bridgehead atoms. The molecule has 0 saturated carbocycles. The van der Waals surface area contributed by atoms with Crippen molar-refractivity contribution in [3.05, 3.63) is 66.1 Å². The van der Waals surface area contributed by atoms with E-state index in [1.54, 1.807) is 0 Å². The van der Waals surface area contributed by atoms with Crippen molar-refractivity contribution in [2.75, 3.05) is 0 Å². The monoisotopic (exact) mass is 527 g/mol. The number of aryl methyl sites for hydroxylation is 1. The summed E-state index contributed by atoms with van der Waals surface area (Å²) < 4.78 is 5.49. The van der Waals surface area contributed by atoms with Crippen LogP contribution in [-0.4, -0.2) is 15.9 Å². The number of carbonyl (C=O) groups is 1. The maximum atomic E-state index is 10.0. The summed E-state index contributed by atoms with van der Waals surface area (Å²) in [6, 6.07) is 16.8. The van der Waals surface area contributed by atoms with Crippen LogP contribution in [0.1, 0.15) is 19.6 Å². The standard InChI is InChI=1S/C14H10NO.C5H8O2.C2H2.Ir/c1-10-9-13-14(16-10)8-7-12(15-13)11-5-3-2-4-6-11;1-4(6)3-5(2)7;1-2;/h2-5,7-9H,1H3;3,6H,1-2H3;1-2H;/q-1;;;. The fourth-order valence-electron chi connectivity index (χ4n) is 2.04. The number of pyridine rings is 1. The minimum absolute atomic E-state index is 0. The summed E-state index contributed by atoms with van der Waals surface area (Å²) in [6.07, 6.45) is 9.17. The fourth-order valence-corrected chi connectivity index (χ4v) is 2.04. The maximum absolute atomic E-state index is 10.0. The van der Waals surface area contributed by atoms with E-state index >= 15 is 0 Å². The van der Waals surface area contributed by atoms with Crippen molar-refractivity contribution in [1.29, 1.82) is 0 Å². The molecule has 2 heterocycles. The predicted molar refractivity (Wildman–Crippen MR) is 100.0 cm³/mol. The summed E-state index contributed by atoms with van der Waals surface area (Å²) in [5.74, 6) is 0.823. The Morgan fingerprint density at radius 2 is 1.92 bits per heavy atom. The molecule has 0 aliphatic heterocycles. The molecular weight excluding hydrogens is 506 g/mol. The van der Waals surface area contributed by atoms with Gasteiger partial charge in [0.25, 0.3) is 0 Å². The number of aromatic nitrogens is 1. The zero-order valence-electron chi connectivity index (χ0n) is 14.8. The van der Waals surface area contributed by atoms with E-state index in [1.807, 2.05) is 49.4 Å². The van der Waals surface area contributed by atoms with Crippen LogP contribution >= 0.6 is 0 Å². The molecule has 0 fully saturated rings. The molecule has 1 N–H and O–H groups in total. The van der Waals surface area contributed by atoms with E-state index in [0.29, 0.717) is 0 Å². The van der Waals surface area contributed by atoms with Crippen LogP contribution in [-0.2, 0) is 24.9 Å². The van der Waals surface area contributed by atoms with Crippen LogP contribution in [0, 0.1) is 25.8 Å². The molecule has 3 aromatic rings. The van der Waals surface area contributed by atoms with Crippen molar-refractivity contribution in [3.8, 4) is 24.1 Å². The van der Waals surface area contributed by atoms with Gasteiger partial charge in [-0.1, -0.05) is 6.07 Å². The number of hydrogen-bond donors (Lipinski definition) is 1. The maximum Gasteiger partial charge on any atom is 0.155 e. The average molecular weight is 527 g/mol. The second kappa shape index (κ2) is 11.8. The first-order valence-electron chi connectivity index (χ1n) is 7.51. The number of nitrogens with zero attached hydrogens (tertiary/aromatic N) is 1. The van der Waals surface area contributed by atoms with Crippen LogP contribution in [0.2, 0.25) is 0 Å². The van der Waals surface area contributed by atoms with Crippen molar-refractivity contribution in [1.82, 2.24) is 4.98 Å². The van der Waals surface area contributed by atoms with Crippen molar-refractivity contribution < 1.29 is 34.4 Å². The molecule has 0 saturated heterocycles. The third-order valence-corrected chi connectivity index (χ3v) is 2.89. The van der Waals surface area contributed by atoms with Crippen LogP contribution in [0.25, 0.3) is 22.4 Å². The zero-order valence-corrected chi connectivity index (χ0v) is 17.2. The van der Waals surface area contributed by atoms with Gasteiger partial charge < -0.3 is 9.52 Å². The first-order valence-corrected chi connectivity index (χ1v) is 7.51. The van der Waals surface area contributed by atoms with Crippen molar-refractivity contribution in [2.24, 2.45) is 0 Å². The number of benzene rings is 1. The molecule has 5 heteroatoms. The molecular formula is C21H20IrNO3-. The summed E-state index contributed by atoms with van der Waals surface area (Å²) in [4.78, 5) is 14.6. The smallest absolute Gasteiger partial charge is 0.155 e. The predicted octanol–water partition coefficient (Wildman–Crippen LogP) is 4.89. The number of aliphatic hydroxyl groups is 1. The Morgan fingerprint density at radius 3 is 2.42 bits per heavy atom. The van der Waals surface area contributed by atoms with E-state index < -0.39 is 0 Å². The van der Waals surface area contributed by atoms with Gasteiger partial charge in [0.2, 0.25) is 0 Å². The van der Waals surface area contributed by atoms with Crippen molar-refractivity contribution in [3.63, 3.8) is 0 Å². The first kappa shape index (κ1) is 23.3. The minimum atomic E-state index is -0.125. The quantitative estimate of drug-likeness (QED) is 0.224. The molecule has 0 unspecified atom stereocenters. The largest absolute Gasteiger partial charge is 0.512 e. The number of hydrogen-bond acceptors (Lipinski definition) is 4. The Labute approximate surface area is 167 Å². The van der Waals surface area contributed by atoms with E-state index in [9.17, 15) is 4.79 Å². The Hall–Kier alpha value is -2.67. The van der Waals surface area contributed by atoms with Crippen molar-refractivity contribution in [2.45, 2.75) is 20.8 Å². The van der Waals surface area contributed by atoms with Crippen LogP contribution in [0.3, 0.4) is 0 Å². The molecule has 0 amide bonds. The number of fused-ring (bicyclic) bond motifs is 1. The Kier molecular flexibility index (Phi) is 10.6. The SMILES string of the molecule is C#C.CC(=O)C=C(C)O.Cc1cc2nc(-c3[c-]cccc3)ccc2o1.[Ir]. The molecule has 2 aromatic heterocycles. The molecule has 137 valence electrons. The van der Waals surface area contributed by atoms with Gasteiger partial charge in [0.05, 0.1) is 11.3 Å². The molecule has 1 radical (unpaired) electrons. The van der Waals surface area contributed by atoms with Crippen LogP contribution in [0.4, 0.5) is 0 Å². The van der Waals surface area contributed by atoms with E-state index in [4.69, 9.17) is 9.52 Å². The van der Waals surface area contributed by atoms with Gasteiger partial charge in [0, 0.05) is 32.2 Å². The number of rotatable bonds is 2. The number of terminal acetylenes is 1. The molecule has 0 atom stereocenters. The average Bonchev–Trinajstić information content (AvgIpc) is 2.96. The summed E-state index contributed by atoms with van der Waals surface area (Å²) in [7, 11) is 0. The van der Waals surface area contributed by atoms with E-state index in [0.717, 1.165) is 28.1 Å². The molecule has 26 heavy (non-hydrogen) atoms. The summed E-state index contributed by atoms with van der Waals surface area (Å²) >= 11 is 0. The number of ketones is 1. The second-order valence-corrected chi connectivity index (χ2v) is 5.11. The molecule has 0 aliphatic carbocycles. The second-order valence-electron chi connectivity index (χ2n) is 5.11. The molecule has 0 spiro atoms. The fraction of sp³-hybridized carbons (Fsp3) is 0.143. The Balaban J connectivity index is 0.000000539. The van der Waals surface area contributed by atoms with E-state index in [1.165, 1.54) is 19.9 Å². The van der Waals surface area contributed by atoms with Crippen LogP contribution in [0.5, 0.6) is 0 Å². The molecule has 3 rings (SSSR count). The summed E-state index contributed by atoms with van der Waals surface area (Å²) in [6.45, 7) is 4.77. The first-order chi connectivity index (χ1) is 12.0. The zero-order chi connectivity index (χ0) is 18.8. The number of aliphatic hydroxyl groups excluding tert-OH is 1. The third kappa shape index (κ3) is 7.48. The van der Waals surface area contributed by atoms with Crippen LogP contribution < -0.4 is 0 Å². The summed E-state index contributed by atoms with van der Waals surface area (Å²) in [5.41, 5.74) is 3.65.